The van der Waals surface area contributed by atoms with Gasteiger partial charge in [0.05, 0.1) is 5.56 Å². The van der Waals surface area contributed by atoms with Gasteiger partial charge in [0.25, 0.3) is 0 Å². The Hall–Kier alpha value is -2.50. The molecule has 6 heteroatoms. The van der Waals surface area contributed by atoms with Crippen LogP contribution in [-0.4, -0.2) is 5.91 Å². The van der Waals surface area contributed by atoms with Crippen molar-refractivity contribution in [3.8, 4) is 0 Å². The van der Waals surface area contributed by atoms with Gasteiger partial charge in [0.15, 0.2) is 0 Å². The Morgan fingerprint density at radius 3 is 2.32 bits per heavy atom. The molecule has 22 heavy (non-hydrogen) atoms. The molecule has 3 N–H and O–H groups in total. The lowest BCUT2D eigenvalue weighted by Crippen LogP contribution is -2.12. The first kappa shape index (κ1) is 15.9. The molecule has 2 aromatic carbocycles. The predicted octanol–water partition coefficient (Wildman–Crippen LogP) is 3.98. The molecule has 0 saturated heterocycles. The molecule has 0 aliphatic heterocycles. The van der Waals surface area contributed by atoms with Crippen molar-refractivity contribution in [1.29, 1.82) is 0 Å². The number of rotatable bonds is 4. The number of halogens is 3. The molecular formula is C16H15F3N2O. The highest BCUT2D eigenvalue weighted by atomic mass is 19.4. The third-order valence-corrected chi connectivity index (χ3v) is 3.27. The number of carbonyl (C=O) groups excluding carboxylic acids is 1. The van der Waals surface area contributed by atoms with Gasteiger partial charge in [0.2, 0.25) is 5.91 Å². The number of anilines is 1. The standard InChI is InChI=1S/C16H15F3N2O/c1-10(11-5-7-13(8-6-11)16(17,18)19)21-14-4-2-3-12(9-14)15(20)22/h2-10,21H,1H3,(H2,20,22). The fourth-order valence-electron chi connectivity index (χ4n) is 2.06. The van der Waals surface area contributed by atoms with Gasteiger partial charge in [-0.1, -0.05) is 18.2 Å². The van der Waals surface area contributed by atoms with Crippen LogP contribution in [0.25, 0.3) is 0 Å². The first-order valence-electron chi connectivity index (χ1n) is 6.61. The van der Waals surface area contributed by atoms with Gasteiger partial charge in [0.1, 0.15) is 0 Å². The average Bonchev–Trinajstić information content (AvgIpc) is 2.46. The molecule has 0 aromatic heterocycles. The second kappa shape index (κ2) is 6.09. The Bertz CT molecular complexity index is 666. The van der Waals surface area contributed by atoms with Crippen molar-refractivity contribution in [2.45, 2.75) is 19.1 Å². The van der Waals surface area contributed by atoms with E-state index in [1.165, 1.54) is 12.1 Å². The zero-order chi connectivity index (χ0) is 16.3. The summed E-state index contributed by atoms with van der Waals surface area (Å²) in [6, 6.07) is 11.4. The lowest BCUT2D eigenvalue weighted by atomic mass is 10.1. The molecule has 0 spiro atoms. The smallest absolute Gasteiger partial charge is 0.379 e. The van der Waals surface area contributed by atoms with E-state index in [9.17, 15) is 18.0 Å². The number of carbonyl (C=O) groups is 1. The van der Waals surface area contributed by atoms with Crippen molar-refractivity contribution < 1.29 is 18.0 Å². The zero-order valence-corrected chi connectivity index (χ0v) is 11.8. The Kier molecular flexibility index (Phi) is 4.40. The van der Waals surface area contributed by atoms with Gasteiger partial charge in [-0.05, 0) is 42.8 Å². The second-order valence-electron chi connectivity index (χ2n) is 4.93. The Morgan fingerprint density at radius 1 is 1.14 bits per heavy atom. The van der Waals surface area contributed by atoms with Gasteiger partial charge in [-0.3, -0.25) is 4.79 Å². The topological polar surface area (TPSA) is 55.1 Å². The minimum Gasteiger partial charge on any atom is -0.379 e. The first-order valence-corrected chi connectivity index (χ1v) is 6.61. The number of benzene rings is 2. The summed E-state index contributed by atoms with van der Waals surface area (Å²) in [5.41, 5.74) is 6.27. The fraction of sp³-hybridized carbons (Fsp3) is 0.188. The molecule has 0 saturated carbocycles. The van der Waals surface area contributed by atoms with E-state index in [0.717, 1.165) is 12.1 Å². The molecule has 2 aromatic rings. The fourth-order valence-corrected chi connectivity index (χ4v) is 2.06. The lowest BCUT2D eigenvalue weighted by Gasteiger charge is -2.17. The van der Waals surface area contributed by atoms with Crippen molar-refractivity contribution in [1.82, 2.24) is 0 Å². The highest BCUT2D eigenvalue weighted by Gasteiger charge is 2.30. The summed E-state index contributed by atoms with van der Waals surface area (Å²) in [6.07, 6.45) is -4.34. The number of primary amides is 1. The van der Waals surface area contributed by atoms with Gasteiger partial charge in [-0.25, -0.2) is 0 Å². The van der Waals surface area contributed by atoms with Crippen LogP contribution >= 0.6 is 0 Å². The number of amides is 1. The maximum atomic E-state index is 12.5. The number of alkyl halides is 3. The number of hydrogen-bond donors (Lipinski definition) is 2. The Balaban J connectivity index is 2.13. The second-order valence-corrected chi connectivity index (χ2v) is 4.93. The molecule has 0 heterocycles. The number of hydrogen-bond acceptors (Lipinski definition) is 2. The predicted molar refractivity (Wildman–Crippen MR) is 78.4 cm³/mol. The minimum absolute atomic E-state index is 0.217. The van der Waals surface area contributed by atoms with E-state index in [2.05, 4.69) is 5.32 Å². The summed E-state index contributed by atoms with van der Waals surface area (Å²) >= 11 is 0. The third kappa shape index (κ3) is 3.78. The van der Waals surface area contributed by atoms with E-state index in [0.29, 0.717) is 16.8 Å². The van der Waals surface area contributed by atoms with E-state index in [-0.39, 0.29) is 6.04 Å². The lowest BCUT2D eigenvalue weighted by molar-refractivity contribution is -0.137. The van der Waals surface area contributed by atoms with E-state index < -0.39 is 17.6 Å². The summed E-state index contributed by atoms with van der Waals surface area (Å²) in [4.78, 5) is 11.1. The number of nitrogens with one attached hydrogen (secondary N) is 1. The molecule has 2 rings (SSSR count). The van der Waals surface area contributed by atoms with Crippen LogP contribution in [0.4, 0.5) is 18.9 Å². The van der Waals surface area contributed by atoms with Crippen molar-refractivity contribution in [2.75, 3.05) is 5.32 Å². The highest BCUT2D eigenvalue weighted by Crippen LogP contribution is 2.30. The summed E-state index contributed by atoms with van der Waals surface area (Å²) in [6.45, 7) is 1.82. The average molecular weight is 308 g/mol. The van der Waals surface area contributed by atoms with Crippen LogP contribution < -0.4 is 11.1 Å². The molecule has 0 aliphatic rings. The largest absolute Gasteiger partial charge is 0.416 e. The van der Waals surface area contributed by atoms with Crippen molar-refractivity contribution in [2.24, 2.45) is 5.73 Å². The minimum atomic E-state index is -4.34. The van der Waals surface area contributed by atoms with Gasteiger partial charge in [0, 0.05) is 17.3 Å². The Labute approximate surface area is 125 Å². The molecule has 0 fully saturated rings. The maximum Gasteiger partial charge on any atom is 0.416 e. The normalized spacial score (nSPS) is 12.7. The number of nitrogens with two attached hydrogens (primary N) is 1. The molecule has 1 unspecified atom stereocenters. The van der Waals surface area contributed by atoms with Gasteiger partial charge in [-0.15, -0.1) is 0 Å². The molecule has 0 bridgehead atoms. The Morgan fingerprint density at radius 2 is 1.77 bits per heavy atom. The first-order chi connectivity index (χ1) is 10.3. The molecule has 0 radical (unpaired) electrons. The SMILES string of the molecule is CC(Nc1cccc(C(N)=O)c1)c1ccc(C(F)(F)F)cc1. The van der Waals surface area contributed by atoms with Crippen LogP contribution in [-0.2, 0) is 6.18 Å². The van der Waals surface area contributed by atoms with Crippen molar-refractivity contribution >= 4 is 11.6 Å². The van der Waals surface area contributed by atoms with Crippen LogP contribution in [0, 0.1) is 0 Å². The van der Waals surface area contributed by atoms with Crippen LogP contribution in [0.5, 0.6) is 0 Å². The molecular weight excluding hydrogens is 293 g/mol. The van der Waals surface area contributed by atoms with Gasteiger partial charge in [-0.2, -0.15) is 13.2 Å². The van der Waals surface area contributed by atoms with Crippen LogP contribution in [0.2, 0.25) is 0 Å². The summed E-state index contributed by atoms with van der Waals surface area (Å²) in [5, 5.41) is 3.12. The highest BCUT2D eigenvalue weighted by molar-refractivity contribution is 5.93. The summed E-state index contributed by atoms with van der Waals surface area (Å²) in [7, 11) is 0. The van der Waals surface area contributed by atoms with Crippen molar-refractivity contribution in [3.63, 3.8) is 0 Å². The van der Waals surface area contributed by atoms with Gasteiger partial charge < -0.3 is 11.1 Å². The maximum absolute atomic E-state index is 12.5. The quantitative estimate of drug-likeness (QED) is 0.897. The van der Waals surface area contributed by atoms with Crippen LogP contribution in [0.3, 0.4) is 0 Å². The third-order valence-electron chi connectivity index (χ3n) is 3.27. The molecule has 1 atom stereocenters. The van der Waals surface area contributed by atoms with Gasteiger partial charge >= 0.3 is 6.18 Å². The monoisotopic (exact) mass is 308 g/mol. The van der Waals surface area contributed by atoms with E-state index in [1.807, 2.05) is 6.92 Å². The molecule has 3 nitrogen and oxygen atoms in total. The summed E-state index contributed by atoms with van der Waals surface area (Å²) < 4.78 is 37.6. The van der Waals surface area contributed by atoms with Crippen LogP contribution in [0.15, 0.2) is 48.5 Å². The molecule has 1 amide bonds. The molecule has 0 aliphatic carbocycles. The van der Waals surface area contributed by atoms with E-state index in [4.69, 9.17) is 5.73 Å². The van der Waals surface area contributed by atoms with E-state index in [1.54, 1.807) is 24.3 Å². The molecule has 116 valence electrons. The van der Waals surface area contributed by atoms with Crippen LogP contribution in [0.1, 0.15) is 34.5 Å². The zero-order valence-electron chi connectivity index (χ0n) is 11.8. The summed E-state index contributed by atoms with van der Waals surface area (Å²) in [5.74, 6) is -0.536. The van der Waals surface area contributed by atoms with Crippen molar-refractivity contribution in [3.05, 3.63) is 65.2 Å². The van der Waals surface area contributed by atoms with E-state index >= 15 is 0 Å².